The molecule has 5 nitrogen and oxygen atoms in total. The molecule has 0 spiro atoms. The SMILES string of the molecule is CCOC(=O)CN(CC)c1ncns1. The maximum Gasteiger partial charge on any atom is 0.325 e. The Kier molecular flexibility index (Phi) is 4.31. The largest absolute Gasteiger partial charge is 0.465 e. The molecule has 1 rings (SSSR count). The fourth-order valence-electron chi connectivity index (χ4n) is 0.984. The normalized spacial score (nSPS) is 9.86. The molecule has 14 heavy (non-hydrogen) atoms. The van der Waals surface area contributed by atoms with Crippen LogP contribution in [0.25, 0.3) is 0 Å². The van der Waals surface area contributed by atoms with Crippen LogP contribution in [0, 0.1) is 0 Å². The van der Waals surface area contributed by atoms with E-state index in [1.807, 2.05) is 11.8 Å². The smallest absolute Gasteiger partial charge is 0.325 e. The first kappa shape index (κ1) is 10.9. The van der Waals surface area contributed by atoms with Gasteiger partial charge in [0.25, 0.3) is 0 Å². The van der Waals surface area contributed by atoms with E-state index in [2.05, 4.69) is 9.36 Å². The first-order valence-electron chi connectivity index (χ1n) is 4.45. The molecule has 0 saturated carbocycles. The van der Waals surface area contributed by atoms with Crippen LogP contribution in [0.15, 0.2) is 6.33 Å². The van der Waals surface area contributed by atoms with Crippen molar-refractivity contribution in [2.75, 3.05) is 24.6 Å². The number of esters is 1. The lowest BCUT2D eigenvalue weighted by Crippen LogP contribution is -2.30. The van der Waals surface area contributed by atoms with Crippen LogP contribution in [0.4, 0.5) is 5.13 Å². The van der Waals surface area contributed by atoms with Crippen LogP contribution >= 0.6 is 11.5 Å². The van der Waals surface area contributed by atoms with Gasteiger partial charge in [0.2, 0.25) is 5.13 Å². The van der Waals surface area contributed by atoms with Gasteiger partial charge in [-0.25, -0.2) is 4.98 Å². The van der Waals surface area contributed by atoms with Crippen molar-refractivity contribution in [2.45, 2.75) is 13.8 Å². The molecule has 6 heteroatoms. The molecular formula is C8H13N3O2S. The van der Waals surface area contributed by atoms with E-state index < -0.39 is 0 Å². The van der Waals surface area contributed by atoms with Crippen molar-refractivity contribution < 1.29 is 9.53 Å². The van der Waals surface area contributed by atoms with Gasteiger partial charge < -0.3 is 9.64 Å². The number of nitrogens with zero attached hydrogens (tertiary/aromatic N) is 3. The van der Waals surface area contributed by atoms with E-state index in [1.165, 1.54) is 17.9 Å². The van der Waals surface area contributed by atoms with Crippen LogP contribution in [0.5, 0.6) is 0 Å². The third-order valence-electron chi connectivity index (χ3n) is 1.63. The molecule has 0 amide bonds. The van der Waals surface area contributed by atoms with E-state index in [9.17, 15) is 4.79 Å². The van der Waals surface area contributed by atoms with Crippen molar-refractivity contribution in [1.82, 2.24) is 9.36 Å². The minimum absolute atomic E-state index is 0.232. The predicted octanol–water partition coefficient (Wildman–Crippen LogP) is 0.928. The Labute approximate surface area is 86.9 Å². The lowest BCUT2D eigenvalue weighted by atomic mass is 10.5. The number of rotatable bonds is 5. The Bertz CT molecular complexity index is 276. The Morgan fingerprint density at radius 2 is 2.43 bits per heavy atom. The first-order valence-corrected chi connectivity index (χ1v) is 5.22. The first-order chi connectivity index (χ1) is 6.77. The second kappa shape index (κ2) is 5.54. The van der Waals surface area contributed by atoms with Gasteiger partial charge in [-0.2, -0.15) is 4.37 Å². The fourth-order valence-corrected chi connectivity index (χ4v) is 1.58. The third kappa shape index (κ3) is 2.95. The molecule has 0 aliphatic carbocycles. The van der Waals surface area contributed by atoms with E-state index in [1.54, 1.807) is 6.92 Å². The average molecular weight is 215 g/mol. The van der Waals surface area contributed by atoms with Gasteiger partial charge in [-0.05, 0) is 13.8 Å². The number of carbonyl (C=O) groups is 1. The molecule has 1 aromatic rings. The summed E-state index contributed by atoms with van der Waals surface area (Å²) < 4.78 is 8.73. The number of aromatic nitrogens is 2. The molecule has 0 saturated heterocycles. The van der Waals surface area contributed by atoms with Crippen LogP contribution in [0.1, 0.15) is 13.8 Å². The molecule has 0 N–H and O–H groups in total. The monoisotopic (exact) mass is 215 g/mol. The summed E-state index contributed by atoms with van der Waals surface area (Å²) in [6, 6.07) is 0. The van der Waals surface area contributed by atoms with Gasteiger partial charge >= 0.3 is 5.97 Å². The van der Waals surface area contributed by atoms with Crippen LogP contribution in [0.3, 0.4) is 0 Å². The van der Waals surface area contributed by atoms with Gasteiger partial charge in [-0.15, -0.1) is 0 Å². The summed E-state index contributed by atoms with van der Waals surface area (Å²) in [6.45, 7) is 5.11. The molecule has 78 valence electrons. The Morgan fingerprint density at radius 1 is 1.64 bits per heavy atom. The summed E-state index contributed by atoms with van der Waals surface area (Å²) >= 11 is 1.27. The fraction of sp³-hybridized carbons (Fsp3) is 0.625. The highest BCUT2D eigenvalue weighted by atomic mass is 32.1. The maximum absolute atomic E-state index is 11.2. The number of hydrogen-bond donors (Lipinski definition) is 0. The van der Waals surface area contributed by atoms with E-state index in [0.29, 0.717) is 13.2 Å². The number of anilines is 1. The topological polar surface area (TPSA) is 55.3 Å². The predicted molar refractivity (Wildman–Crippen MR) is 54.4 cm³/mol. The average Bonchev–Trinajstić information content (AvgIpc) is 2.67. The Morgan fingerprint density at radius 3 is 2.93 bits per heavy atom. The third-order valence-corrected chi connectivity index (χ3v) is 2.35. The summed E-state index contributed by atoms with van der Waals surface area (Å²) in [4.78, 5) is 17.1. The quantitative estimate of drug-likeness (QED) is 0.684. The highest BCUT2D eigenvalue weighted by Gasteiger charge is 2.12. The molecule has 0 aliphatic rings. The zero-order valence-corrected chi connectivity index (χ0v) is 9.08. The molecule has 1 heterocycles. The van der Waals surface area contributed by atoms with Crippen LogP contribution in [-0.2, 0) is 9.53 Å². The van der Waals surface area contributed by atoms with Gasteiger partial charge in [-0.1, -0.05) is 0 Å². The van der Waals surface area contributed by atoms with Gasteiger partial charge in [-0.3, -0.25) is 4.79 Å². The summed E-state index contributed by atoms with van der Waals surface area (Å²) in [7, 11) is 0. The van der Waals surface area contributed by atoms with Gasteiger partial charge in [0.05, 0.1) is 6.61 Å². The molecule has 0 unspecified atom stereocenters. The summed E-state index contributed by atoms with van der Waals surface area (Å²) in [5.74, 6) is -0.232. The van der Waals surface area contributed by atoms with Gasteiger partial charge in [0, 0.05) is 18.1 Å². The Hall–Kier alpha value is -1.17. The lowest BCUT2D eigenvalue weighted by Gasteiger charge is -2.17. The number of carbonyl (C=O) groups excluding carboxylic acids is 1. The van der Waals surface area contributed by atoms with E-state index in [0.717, 1.165) is 5.13 Å². The number of hydrogen-bond acceptors (Lipinski definition) is 6. The second-order valence-electron chi connectivity index (χ2n) is 2.54. The minimum Gasteiger partial charge on any atom is -0.465 e. The molecule has 0 atom stereocenters. The van der Waals surface area contributed by atoms with Crippen molar-refractivity contribution >= 4 is 22.6 Å². The molecule has 0 fully saturated rings. The minimum atomic E-state index is -0.232. The van der Waals surface area contributed by atoms with Crippen LogP contribution < -0.4 is 4.90 Å². The molecule has 0 aromatic carbocycles. The van der Waals surface area contributed by atoms with Crippen molar-refractivity contribution in [3.05, 3.63) is 6.33 Å². The van der Waals surface area contributed by atoms with E-state index >= 15 is 0 Å². The van der Waals surface area contributed by atoms with Crippen molar-refractivity contribution in [2.24, 2.45) is 0 Å². The zero-order valence-electron chi connectivity index (χ0n) is 8.27. The van der Waals surface area contributed by atoms with Crippen molar-refractivity contribution in [3.63, 3.8) is 0 Å². The molecular weight excluding hydrogens is 202 g/mol. The lowest BCUT2D eigenvalue weighted by molar-refractivity contribution is -0.141. The second-order valence-corrected chi connectivity index (χ2v) is 3.30. The zero-order chi connectivity index (χ0) is 10.4. The summed E-state index contributed by atoms with van der Waals surface area (Å²) in [5.41, 5.74) is 0. The van der Waals surface area contributed by atoms with Gasteiger partial charge in [0.15, 0.2) is 0 Å². The highest BCUT2D eigenvalue weighted by molar-refractivity contribution is 7.09. The number of likely N-dealkylation sites (N-methyl/N-ethyl adjacent to an activating group) is 1. The molecule has 0 aliphatic heterocycles. The molecule has 1 aromatic heterocycles. The molecule has 0 radical (unpaired) electrons. The van der Waals surface area contributed by atoms with E-state index in [4.69, 9.17) is 4.74 Å². The maximum atomic E-state index is 11.2. The summed E-state index contributed by atoms with van der Waals surface area (Å²) in [5, 5.41) is 0.751. The van der Waals surface area contributed by atoms with E-state index in [-0.39, 0.29) is 12.5 Å². The Balaban J connectivity index is 2.51. The van der Waals surface area contributed by atoms with Crippen LogP contribution in [0.2, 0.25) is 0 Å². The summed E-state index contributed by atoms with van der Waals surface area (Å²) in [6.07, 6.45) is 1.48. The van der Waals surface area contributed by atoms with Crippen molar-refractivity contribution in [1.29, 1.82) is 0 Å². The van der Waals surface area contributed by atoms with Gasteiger partial charge in [0.1, 0.15) is 12.9 Å². The molecule has 0 bridgehead atoms. The standard InChI is InChI=1S/C8H13N3O2S/c1-3-11(5-7(12)13-4-2)8-9-6-10-14-8/h6H,3-5H2,1-2H3. The van der Waals surface area contributed by atoms with Crippen molar-refractivity contribution in [3.8, 4) is 0 Å². The highest BCUT2D eigenvalue weighted by Crippen LogP contribution is 2.13. The number of ether oxygens (including phenoxy) is 1. The van der Waals surface area contributed by atoms with Crippen LogP contribution in [-0.4, -0.2) is 35.0 Å².